The minimum absolute atomic E-state index is 0.270. The summed E-state index contributed by atoms with van der Waals surface area (Å²) in [5.74, 6) is -2.02. The molecule has 0 saturated carbocycles. The van der Waals surface area contributed by atoms with Gasteiger partial charge in [0, 0.05) is 11.4 Å². The number of rotatable bonds is 6. The average molecular weight is 452 g/mol. The second-order valence-corrected chi connectivity index (χ2v) is 8.27. The van der Waals surface area contributed by atoms with Crippen LogP contribution >= 0.6 is 0 Å². The van der Waals surface area contributed by atoms with E-state index in [1.54, 1.807) is 69.3 Å². The third kappa shape index (κ3) is 6.16. The van der Waals surface area contributed by atoms with Gasteiger partial charge in [-0.2, -0.15) is 0 Å². The van der Waals surface area contributed by atoms with Crippen LogP contribution in [0.3, 0.4) is 0 Å². The Kier molecular flexibility index (Phi) is 6.76. The third-order valence-corrected chi connectivity index (χ3v) is 4.42. The quantitative estimate of drug-likeness (QED) is 0.576. The van der Waals surface area contributed by atoms with Crippen molar-refractivity contribution < 1.29 is 28.7 Å². The van der Waals surface area contributed by atoms with E-state index < -0.39 is 41.9 Å². The molecule has 0 radical (unpaired) electrons. The normalized spacial score (nSPS) is 12.8. The van der Waals surface area contributed by atoms with Crippen molar-refractivity contribution in [1.82, 2.24) is 10.2 Å². The molecule has 2 aromatic rings. The van der Waals surface area contributed by atoms with E-state index >= 15 is 0 Å². The fraction of sp³-hybridized carbons (Fsp3) is 0.261. The number of hydrogen-bond donors (Lipinski definition) is 3. The number of fused-ring (bicyclic) bond motifs is 1. The minimum Gasteiger partial charge on any atom is -0.444 e. The summed E-state index contributed by atoms with van der Waals surface area (Å²) in [5, 5.41) is 7.56. The van der Waals surface area contributed by atoms with Gasteiger partial charge in [-0.1, -0.05) is 12.1 Å². The van der Waals surface area contributed by atoms with Gasteiger partial charge in [0.25, 0.3) is 11.8 Å². The van der Waals surface area contributed by atoms with Gasteiger partial charge in [0.15, 0.2) is 0 Å². The van der Waals surface area contributed by atoms with Gasteiger partial charge in [-0.3, -0.25) is 24.1 Å². The average Bonchev–Trinajstić information content (AvgIpc) is 2.98. The van der Waals surface area contributed by atoms with Crippen LogP contribution in [0.4, 0.5) is 16.2 Å². The predicted octanol–water partition coefficient (Wildman–Crippen LogP) is 2.38. The van der Waals surface area contributed by atoms with Gasteiger partial charge in [-0.05, 0) is 57.2 Å². The molecule has 0 fully saturated rings. The molecule has 10 nitrogen and oxygen atoms in total. The molecule has 0 aliphatic carbocycles. The van der Waals surface area contributed by atoms with E-state index in [1.165, 1.54) is 0 Å². The van der Waals surface area contributed by atoms with Crippen LogP contribution in [-0.4, -0.2) is 53.3 Å². The van der Waals surface area contributed by atoms with Gasteiger partial charge >= 0.3 is 6.09 Å². The first-order valence-corrected chi connectivity index (χ1v) is 10.2. The van der Waals surface area contributed by atoms with Crippen molar-refractivity contribution in [3.8, 4) is 0 Å². The van der Waals surface area contributed by atoms with Crippen molar-refractivity contribution in [1.29, 1.82) is 0 Å². The summed E-state index contributed by atoms with van der Waals surface area (Å²) < 4.78 is 5.05. The lowest BCUT2D eigenvalue weighted by Crippen LogP contribution is -2.37. The lowest BCUT2D eigenvalue weighted by atomic mass is 10.1. The predicted molar refractivity (Wildman–Crippen MR) is 120 cm³/mol. The lowest BCUT2D eigenvalue weighted by Gasteiger charge is -2.19. The SMILES string of the molecule is CC(C)(C)OC(=O)NCC(=O)Nc1ccc(NC(=O)CN2C(=O)c3ccccc3C2=O)cc1. The van der Waals surface area contributed by atoms with Gasteiger partial charge in [0.05, 0.1) is 11.1 Å². The number of carbonyl (C=O) groups is 5. The lowest BCUT2D eigenvalue weighted by molar-refractivity contribution is -0.116. The van der Waals surface area contributed by atoms with Crippen LogP contribution in [0.2, 0.25) is 0 Å². The monoisotopic (exact) mass is 452 g/mol. The zero-order valence-electron chi connectivity index (χ0n) is 18.4. The Hall–Kier alpha value is -4.21. The summed E-state index contributed by atoms with van der Waals surface area (Å²) in [4.78, 5) is 61.5. The van der Waals surface area contributed by atoms with Gasteiger partial charge in [0.2, 0.25) is 11.8 Å². The van der Waals surface area contributed by atoms with E-state index in [1.807, 2.05) is 0 Å². The molecule has 10 heteroatoms. The molecule has 2 aromatic carbocycles. The first-order valence-electron chi connectivity index (χ1n) is 10.2. The molecule has 5 amide bonds. The maximum atomic E-state index is 12.4. The molecule has 33 heavy (non-hydrogen) atoms. The summed E-state index contributed by atoms with van der Waals surface area (Å²) in [5.41, 5.74) is 0.749. The van der Waals surface area contributed by atoms with Crippen molar-refractivity contribution in [3.05, 3.63) is 59.7 Å². The first-order chi connectivity index (χ1) is 15.5. The van der Waals surface area contributed by atoms with Crippen molar-refractivity contribution in [3.63, 3.8) is 0 Å². The zero-order valence-corrected chi connectivity index (χ0v) is 18.4. The van der Waals surface area contributed by atoms with Crippen LogP contribution < -0.4 is 16.0 Å². The Morgan fingerprint density at radius 3 is 1.79 bits per heavy atom. The fourth-order valence-electron chi connectivity index (χ4n) is 3.04. The number of benzene rings is 2. The summed E-state index contributed by atoms with van der Waals surface area (Å²) >= 11 is 0. The summed E-state index contributed by atoms with van der Waals surface area (Å²) in [6.07, 6.45) is -0.700. The molecule has 0 bridgehead atoms. The van der Waals surface area contributed by atoms with E-state index in [2.05, 4.69) is 16.0 Å². The Morgan fingerprint density at radius 1 is 0.818 bits per heavy atom. The number of nitrogens with zero attached hydrogens (tertiary/aromatic N) is 1. The highest BCUT2D eigenvalue weighted by Gasteiger charge is 2.36. The summed E-state index contributed by atoms with van der Waals surface area (Å²) in [7, 11) is 0. The van der Waals surface area contributed by atoms with E-state index in [0.29, 0.717) is 11.4 Å². The maximum absolute atomic E-state index is 12.4. The number of carbonyl (C=O) groups excluding carboxylic acids is 5. The van der Waals surface area contributed by atoms with Crippen LogP contribution in [0, 0.1) is 0 Å². The number of nitrogens with one attached hydrogen (secondary N) is 3. The second kappa shape index (κ2) is 9.51. The number of imide groups is 1. The Balaban J connectivity index is 1.48. The molecule has 0 aromatic heterocycles. The summed E-state index contributed by atoms with van der Waals surface area (Å²) in [6.45, 7) is 4.46. The standard InChI is InChI=1S/C23H24N4O6/c1-23(2,3)33-22(32)24-12-18(28)25-14-8-10-15(11-9-14)26-19(29)13-27-20(30)16-6-4-5-7-17(16)21(27)31/h4-11H,12-13H2,1-3H3,(H,24,32)(H,25,28)(H,26,29). The molecular formula is C23H24N4O6. The highest BCUT2D eigenvalue weighted by Crippen LogP contribution is 2.22. The number of ether oxygens (including phenoxy) is 1. The Bertz CT molecular complexity index is 1070. The highest BCUT2D eigenvalue weighted by atomic mass is 16.6. The van der Waals surface area contributed by atoms with Gasteiger partial charge in [0.1, 0.15) is 18.7 Å². The molecule has 0 saturated heterocycles. The molecule has 172 valence electrons. The Morgan fingerprint density at radius 2 is 1.30 bits per heavy atom. The molecule has 1 heterocycles. The molecule has 0 unspecified atom stereocenters. The minimum atomic E-state index is -0.700. The van der Waals surface area contributed by atoms with Gasteiger partial charge < -0.3 is 20.7 Å². The van der Waals surface area contributed by atoms with Crippen molar-refractivity contribution in [2.45, 2.75) is 26.4 Å². The van der Waals surface area contributed by atoms with Crippen LogP contribution in [0.15, 0.2) is 48.5 Å². The number of amides is 5. The van der Waals surface area contributed by atoms with Gasteiger partial charge in [-0.25, -0.2) is 4.79 Å². The molecule has 0 atom stereocenters. The molecule has 1 aliphatic heterocycles. The number of hydrogen-bond acceptors (Lipinski definition) is 6. The van der Waals surface area contributed by atoms with Crippen molar-refractivity contribution in [2.75, 3.05) is 23.7 Å². The largest absolute Gasteiger partial charge is 0.444 e. The van der Waals surface area contributed by atoms with Crippen LogP contribution in [-0.2, 0) is 14.3 Å². The maximum Gasteiger partial charge on any atom is 0.408 e. The van der Waals surface area contributed by atoms with E-state index in [-0.39, 0.29) is 17.7 Å². The van der Waals surface area contributed by atoms with Crippen molar-refractivity contribution in [2.24, 2.45) is 0 Å². The molecular weight excluding hydrogens is 428 g/mol. The second-order valence-electron chi connectivity index (χ2n) is 8.27. The number of alkyl carbamates (subject to hydrolysis) is 1. The topological polar surface area (TPSA) is 134 Å². The molecule has 0 spiro atoms. The number of anilines is 2. The molecule has 1 aliphatic rings. The summed E-state index contributed by atoms with van der Waals surface area (Å²) in [6, 6.07) is 12.6. The van der Waals surface area contributed by atoms with E-state index in [0.717, 1.165) is 4.90 Å². The fourth-order valence-corrected chi connectivity index (χ4v) is 3.04. The van der Waals surface area contributed by atoms with Crippen LogP contribution in [0.1, 0.15) is 41.5 Å². The molecule has 3 rings (SSSR count). The first kappa shape index (κ1) is 23.5. The van der Waals surface area contributed by atoms with E-state index in [4.69, 9.17) is 4.74 Å². The zero-order chi connectivity index (χ0) is 24.2. The van der Waals surface area contributed by atoms with Crippen LogP contribution in [0.5, 0.6) is 0 Å². The Labute approximate surface area is 190 Å². The highest BCUT2D eigenvalue weighted by molar-refractivity contribution is 6.22. The third-order valence-electron chi connectivity index (χ3n) is 4.42. The van der Waals surface area contributed by atoms with Crippen molar-refractivity contribution >= 4 is 41.1 Å². The van der Waals surface area contributed by atoms with E-state index in [9.17, 15) is 24.0 Å². The smallest absolute Gasteiger partial charge is 0.408 e. The molecule has 3 N–H and O–H groups in total. The van der Waals surface area contributed by atoms with Gasteiger partial charge in [-0.15, -0.1) is 0 Å². The van der Waals surface area contributed by atoms with Crippen LogP contribution in [0.25, 0.3) is 0 Å².